The number of fused-ring (bicyclic) bond motifs is 1. The minimum absolute atomic E-state index is 0.272. The van der Waals surface area contributed by atoms with Gasteiger partial charge >= 0.3 is 0 Å². The number of nitrogens with one attached hydrogen (secondary N) is 1. The van der Waals surface area contributed by atoms with E-state index >= 15 is 0 Å². The SMILES string of the molecule is CCCNc1nc(-c2sccc2C)nc2ccc(F)cc12. The summed E-state index contributed by atoms with van der Waals surface area (Å²) in [5.74, 6) is 1.12. The summed E-state index contributed by atoms with van der Waals surface area (Å²) in [4.78, 5) is 10.2. The van der Waals surface area contributed by atoms with Crippen LogP contribution in [0.1, 0.15) is 18.9 Å². The van der Waals surface area contributed by atoms with E-state index in [1.54, 1.807) is 17.4 Å². The summed E-state index contributed by atoms with van der Waals surface area (Å²) >= 11 is 1.62. The zero-order valence-electron chi connectivity index (χ0n) is 12.0. The number of anilines is 1. The highest BCUT2D eigenvalue weighted by molar-refractivity contribution is 7.13. The van der Waals surface area contributed by atoms with Crippen molar-refractivity contribution in [3.63, 3.8) is 0 Å². The van der Waals surface area contributed by atoms with Crippen molar-refractivity contribution in [1.82, 2.24) is 9.97 Å². The van der Waals surface area contributed by atoms with Crippen molar-refractivity contribution < 1.29 is 4.39 Å². The van der Waals surface area contributed by atoms with Crippen LogP contribution in [0.3, 0.4) is 0 Å². The van der Waals surface area contributed by atoms with E-state index in [4.69, 9.17) is 0 Å². The summed E-state index contributed by atoms with van der Waals surface area (Å²) in [5, 5.41) is 6.03. The molecule has 0 spiro atoms. The van der Waals surface area contributed by atoms with Crippen LogP contribution >= 0.6 is 11.3 Å². The second-order valence-electron chi connectivity index (χ2n) is 4.92. The minimum Gasteiger partial charge on any atom is -0.369 e. The number of thiophene rings is 1. The number of benzene rings is 1. The van der Waals surface area contributed by atoms with Gasteiger partial charge in [-0.2, -0.15) is 0 Å². The van der Waals surface area contributed by atoms with E-state index in [0.717, 1.165) is 34.3 Å². The summed E-state index contributed by atoms with van der Waals surface area (Å²) in [6, 6.07) is 6.68. The summed E-state index contributed by atoms with van der Waals surface area (Å²) < 4.78 is 13.5. The van der Waals surface area contributed by atoms with Gasteiger partial charge < -0.3 is 5.32 Å². The third-order valence-electron chi connectivity index (χ3n) is 3.27. The second-order valence-corrected chi connectivity index (χ2v) is 5.83. The first-order valence-electron chi connectivity index (χ1n) is 6.94. The van der Waals surface area contributed by atoms with Crippen LogP contribution in [0.5, 0.6) is 0 Å². The molecule has 1 aromatic carbocycles. The monoisotopic (exact) mass is 301 g/mol. The molecule has 0 saturated heterocycles. The van der Waals surface area contributed by atoms with Gasteiger partial charge in [-0.1, -0.05) is 6.92 Å². The van der Waals surface area contributed by atoms with E-state index < -0.39 is 0 Å². The first-order chi connectivity index (χ1) is 10.2. The normalized spacial score (nSPS) is 11.0. The minimum atomic E-state index is -0.272. The molecule has 3 nitrogen and oxygen atoms in total. The summed E-state index contributed by atoms with van der Waals surface area (Å²) in [5.41, 5.74) is 1.91. The van der Waals surface area contributed by atoms with E-state index in [1.807, 2.05) is 12.3 Å². The number of hydrogen-bond donors (Lipinski definition) is 1. The molecule has 0 bridgehead atoms. The Morgan fingerprint density at radius 2 is 2.10 bits per heavy atom. The van der Waals surface area contributed by atoms with Gasteiger partial charge in [-0.15, -0.1) is 11.3 Å². The highest BCUT2D eigenvalue weighted by atomic mass is 32.1. The third-order valence-corrected chi connectivity index (χ3v) is 4.28. The molecule has 0 unspecified atom stereocenters. The summed E-state index contributed by atoms with van der Waals surface area (Å²) in [6.45, 7) is 4.93. The molecule has 21 heavy (non-hydrogen) atoms. The fourth-order valence-electron chi connectivity index (χ4n) is 2.18. The number of halogens is 1. The van der Waals surface area contributed by atoms with Crippen LogP contribution in [0.15, 0.2) is 29.6 Å². The van der Waals surface area contributed by atoms with Gasteiger partial charge in [-0.25, -0.2) is 14.4 Å². The smallest absolute Gasteiger partial charge is 0.172 e. The Morgan fingerprint density at radius 3 is 2.81 bits per heavy atom. The molecule has 3 aromatic rings. The number of nitrogens with zero attached hydrogens (tertiary/aromatic N) is 2. The molecular weight excluding hydrogens is 285 g/mol. The fourth-order valence-corrected chi connectivity index (χ4v) is 3.04. The van der Waals surface area contributed by atoms with Crippen LogP contribution in [-0.2, 0) is 0 Å². The second kappa shape index (κ2) is 5.77. The Morgan fingerprint density at radius 1 is 1.24 bits per heavy atom. The highest BCUT2D eigenvalue weighted by Gasteiger charge is 2.12. The maximum absolute atomic E-state index is 13.5. The highest BCUT2D eigenvalue weighted by Crippen LogP contribution is 2.30. The van der Waals surface area contributed by atoms with Gasteiger partial charge in [-0.3, -0.25) is 0 Å². The Bertz CT molecular complexity index is 782. The van der Waals surface area contributed by atoms with Crippen molar-refractivity contribution in [3.05, 3.63) is 41.0 Å². The Kier molecular flexibility index (Phi) is 3.84. The average Bonchev–Trinajstić information content (AvgIpc) is 2.91. The van der Waals surface area contributed by atoms with Crippen molar-refractivity contribution in [2.24, 2.45) is 0 Å². The molecule has 2 heterocycles. The molecule has 5 heteroatoms. The number of hydrogen-bond acceptors (Lipinski definition) is 4. The molecule has 3 rings (SSSR count). The van der Waals surface area contributed by atoms with Crippen LogP contribution < -0.4 is 5.32 Å². The van der Waals surface area contributed by atoms with Gasteiger partial charge in [0, 0.05) is 11.9 Å². The van der Waals surface area contributed by atoms with E-state index in [0.29, 0.717) is 11.6 Å². The lowest BCUT2D eigenvalue weighted by Crippen LogP contribution is -2.05. The van der Waals surface area contributed by atoms with Crippen LogP contribution in [0.2, 0.25) is 0 Å². The largest absolute Gasteiger partial charge is 0.369 e. The van der Waals surface area contributed by atoms with Crippen molar-refractivity contribution in [1.29, 1.82) is 0 Å². The van der Waals surface area contributed by atoms with Gasteiger partial charge in [0.1, 0.15) is 11.6 Å². The van der Waals surface area contributed by atoms with Gasteiger partial charge in [0.25, 0.3) is 0 Å². The molecule has 108 valence electrons. The maximum Gasteiger partial charge on any atom is 0.172 e. The Labute approximate surface area is 126 Å². The van der Waals surface area contributed by atoms with E-state index in [2.05, 4.69) is 28.3 Å². The predicted octanol–water partition coefficient (Wildman–Crippen LogP) is 4.63. The van der Waals surface area contributed by atoms with Crippen molar-refractivity contribution in [2.45, 2.75) is 20.3 Å². The molecule has 0 atom stereocenters. The topological polar surface area (TPSA) is 37.8 Å². The van der Waals surface area contributed by atoms with Crippen molar-refractivity contribution >= 4 is 28.1 Å². The molecule has 0 fully saturated rings. The average molecular weight is 301 g/mol. The third kappa shape index (κ3) is 2.74. The zero-order valence-corrected chi connectivity index (χ0v) is 12.8. The fraction of sp³-hybridized carbons (Fsp3) is 0.250. The quantitative estimate of drug-likeness (QED) is 0.763. The first kappa shape index (κ1) is 13.9. The lowest BCUT2D eigenvalue weighted by atomic mass is 10.2. The van der Waals surface area contributed by atoms with Crippen LogP contribution in [0, 0.1) is 12.7 Å². The van der Waals surface area contributed by atoms with Gasteiger partial charge in [-0.05, 0) is 48.6 Å². The molecule has 2 aromatic heterocycles. The van der Waals surface area contributed by atoms with Crippen molar-refractivity contribution in [3.8, 4) is 10.7 Å². The molecule has 0 aliphatic carbocycles. The molecule has 1 N–H and O–H groups in total. The lowest BCUT2D eigenvalue weighted by Gasteiger charge is -2.10. The standard InChI is InChI=1S/C16H16FN3S/c1-3-7-18-15-12-9-11(17)4-5-13(12)19-16(20-15)14-10(2)6-8-21-14/h4-6,8-9H,3,7H2,1-2H3,(H,18,19,20). The Hall–Kier alpha value is -2.01. The van der Waals surface area contributed by atoms with Crippen LogP contribution in [0.4, 0.5) is 10.2 Å². The number of rotatable bonds is 4. The van der Waals surface area contributed by atoms with Gasteiger partial charge in [0.05, 0.1) is 10.4 Å². The summed E-state index contributed by atoms with van der Waals surface area (Å²) in [7, 11) is 0. The summed E-state index contributed by atoms with van der Waals surface area (Å²) in [6.07, 6.45) is 0.980. The Balaban J connectivity index is 2.19. The molecule has 0 amide bonds. The first-order valence-corrected chi connectivity index (χ1v) is 7.82. The molecule has 0 radical (unpaired) electrons. The lowest BCUT2D eigenvalue weighted by molar-refractivity contribution is 0.629. The van der Waals surface area contributed by atoms with Crippen LogP contribution in [-0.4, -0.2) is 16.5 Å². The molecule has 0 saturated carbocycles. The van der Waals surface area contributed by atoms with E-state index in [-0.39, 0.29) is 5.82 Å². The maximum atomic E-state index is 13.5. The zero-order chi connectivity index (χ0) is 14.8. The number of aromatic nitrogens is 2. The molecule has 0 aliphatic rings. The van der Waals surface area contributed by atoms with Gasteiger partial charge in [0.15, 0.2) is 5.82 Å². The number of aryl methyl sites for hydroxylation is 1. The van der Waals surface area contributed by atoms with E-state index in [1.165, 1.54) is 12.1 Å². The predicted molar refractivity (Wildman–Crippen MR) is 86.3 cm³/mol. The van der Waals surface area contributed by atoms with E-state index in [9.17, 15) is 4.39 Å². The molecule has 0 aliphatic heterocycles. The van der Waals surface area contributed by atoms with Crippen molar-refractivity contribution in [2.75, 3.05) is 11.9 Å². The van der Waals surface area contributed by atoms with Gasteiger partial charge in [0.2, 0.25) is 0 Å². The molecular formula is C16H16FN3S. The van der Waals surface area contributed by atoms with Crippen LogP contribution in [0.25, 0.3) is 21.6 Å².